The van der Waals surface area contributed by atoms with Gasteiger partial charge in [-0.25, -0.2) is 4.79 Å². The lowest BCUT2D eigenvalue weighted by Crippen LogP contribution is -2.44. The summed E-state index contributed by atoms with van der Waals surface area (Å²) in [6.07, 6.45) is 4.44. The van der Waals surface area contributed by atoms with Gasteiger partial charge in [-0.1, -0.05) is 12.8 Å². The number of nitrogens with one attached hydrogen (secondary N) is 1. The summed E-state index contributed by atoms with van der Waals surface area (Å²) in [6, 6.07) is 1.81. The smallest absolute Gasteiger partial charge is 0.325 e. The maximum atomic E-state index is 12.7. The Hall–Kier alpha value is -1.89. The molecule has 1 aromatic heterocycles. The van der Waals surface area contributed by atoms with Crippen molar-refractivity contribution in [1.82, 2.24) is 15.1 Å². The van der Waals surface area contributed by atoms with Gasteiger partial charge in [0.1, 0.15) is 5.54 Å². The van der Waals surface area contributed by atoms with E-state index in [1.807, 2.05) is 11.8 Å². The number of thiophene rings is 1. The third-order valence-electron chi connectivity index (χ3n) is 5.85. The van der Waals surface area contributed by atoms with Crippen molar-refractivity contribution in [2.24, 2.45) is 0 Å². The summed E-state index contributed by atoms with van der Waals surface area (Å²) in [4.78, 5) is 42.0. The predicted octanol–water partition coefficient (Wildman–Crippen LogP) is 2.45. The van der Waals surface area contributed by atoms with E-state index in [4.69, 9.17) is 0 Å². The molecule has 134 valence electrons. The number of amides is 4. The van der Waals surface area contributed by atoms with Crippen LogP contribution in [-0.2, 0) is 16.0 Å². The van der Waals surface area contributed by atoms with Gasteiger partial charge in [-0.3, -0.25) is 14.5 Å². The Morgan fingerprint density at radius 1 is 1.36 bits per heavy atom. The summed E-state index contributed by atoms with van der Waals surface area (Å²) in [5.41, 5.74) is 0.536. The normalized spacial score (nSPS) is 24.8. The summed E-state index contributed by atoms with van der Waals surface area (Å²) < 4.78 is 0. The number of fused-ring (bicyclic) bond motifs is 1. The van der Waals surface area contributed by atoms with Crippen LogP contribution in [0.3, 0.4) is 0 Å². The van der Waals surface area contributed by atoms with Gasteiger partial charge in [-0.05, 0) is 43.2 Å². The summed E-state index contributed by atoms with van der Waals surface area (Å²) in [6.45, 7) is 2.92. The van der Waals surface area contributed by atoms with E-state index in [0.29, 0.717) is 19.4 Å². The van der Waals surface area contributed by atoms with Gasteiger partial charge < -0.3 is 10.2 Å². The topological polar surface area (TPSA) is 69.7 Å². The first-order valence-electron chi connectivity index (χ1n) is 9.02. The zero-order chi connectivity index (χ0) is 17.6. The van der Waals surface area contributed by atoms with Crippen molar-refractivity contribution in [3.63, 3.8) is 0 Å². The Morgan fingerprint density at radius 2 is 2.12 bits per heavy atom. The maximum absolute atomic E-state index is 12.7. The van der Waals surface area contributed by atoms with E-state index in [1.54, 1.807) is 11.3 Å². The van der Waals surface area contributed by atoms with E-state index in [9.17, 15) is 14.4 Å². The van der Waals surface area contributed by atoms with Gasteiger partial charge in [0.2, 0.25) is 5.91 Å². The average molecular weight is 361 g/mol. The van der Waals surface area contributed by atoms with Crippen LogP contribution in [0.1, 0.15) is 55.5 Å². The molecule has 1 N–H and O–H groups in total. The van der Waals surface area contributed by atoms with Crippen LogP contribution in [-0.4, -0.2) is 46.3 Å². The summed E-state index contributed by atoms with van der Waals surface area (Å²) >= 11 is 1.74. The van der Waals surface area contributed by atoms with Gasteiger partial charge >= 0.3 is 6.03 Å². The van der Waals surface area contributed by atoms with E-state index >= 15 is 0 Å². The van der Waals surface area contributed by atoms with Crippen LogP contribution < -0.4 is 5.32 Å². The molecule has 2 fully saturated rings. The summed E-state index contributed by atoms with van der Waals surface area (Å²) in [5.74, 6) is -0.132. The lowest BCUT2D eigenvalue weighted by Gasteiger charge is -2.34. The standard InChI is InChI=1S/C18H23N3O3S/c1-12-13-6-11-25-14(13)4-9-20(12)15(22)5-10-21-16(23)18(19-17(21)24)7-2-3-8-18/h6,11-12H,2-5,7-10H2,1H3,(H,19,24). The fraction of sp³-hybridized carbons (Fsp3) is 0.611. The van der Waals surface area contributed by atoms with Crippen molar-refractivity contribution in [3.8, 4) is 0 Å². The second-order valence-corrected chi connectivity index (χ2v) is 8.24. The lowest BCUT2D eigenvalue weighted by atomic mass is 9.98. The molecule has 3 aliphatic rings. The molecule has 1 saturated carbocycles. The molecule has 3 heterocycles. The minimum Gasteiger partial charge on any atom is -0.335 e. The molecule has 7 heteroatoms. The zero-order valence-electron chi connectivity index (χ0n) is 14.4. The highest BCUT2D eigenvalue weighted by Crippen LogP contribution is 2.36. The van der Waals surface area contributed by atoms with E-state index < -0.39 is 5.54 Å². The lowest BCUT2D eigenvalue weighted by molar-refractivity contribution is -0.135. The molecule has 2 aliphatic heterocycles. The number of imide groups is 1. The zero-order valence-corrected chi connectivity index (χ0v) is 15.2. The van der Waals surface area contributed by atoms with Crippen molar-refractivity contribution in [2.75, 3.05) is 13.1 Å². The monoisotopic (exact) mass is 361 g/mol. The van der Waals surface area contributed by atoms with Gasteiger partial charge in [-0.2, -0.15) is 0 Å². The van der Waals surface area contributed by atoms with Crippen molar-refractivity contribution in [1.29, 1.82) is 0 Å². The Bertz CT molecular complexity index is 723. The minimum absolute atomic E-state index is 0.0114. The van der Waals surface area contributed by atoms with Gasteiger partial charge in [0, 0.05) is 24.4 Å². The molecule has 4 rings (SSSR count). The quantitative estimate of drug-likeness (QED) is 0.841. The van der Waals surface area contributed by atoms with E-state index in [1.165, 1.54) is 15.3 Å². The molecule has 0 radical (unpaired) electrons. The first kappa shape index (κ1) is 16.6. The van der Waals surface area contributed by atoms with Gasteiger partial charge in [0.05, 0.1) is 6.04 Å². The van der Waals surface area contributed by atoms with E-state index in [0.717, 1.165) is 19.3 Å². The Morgan fingerprint density at radius 3 is 2.88 bits per heavy atom. The van der Waals surface area contributed by atoms with Crippen LogP contribution in [0.4, 0.5) is 4.79 Å². The van der Waals surface area contributed by atoms with Gasteiger partial charge in [-0.15, -0.1) is 11.3 Å². The largest absolute Gasteiger partial charge is 0.335 e. The first-order valence-corrected chi connectivity index (χ1v) is 9.90. The summed E-state index contributed by atoms with van der Waals surface area (Å²) in [7, 11) is 0. The van der Waals surface area contributed by atoms with Crippen molar-refractivity contribution in [2.45, 2.75) is 57.0 Å². The molecule has 25 heavy (non-hydrogen) atoms. The van der Waals surface area contributed by atoms with Crippen LogP contribution in [0.15, 0.2) is 11.4 Å². The third kappa shape index (κ3) is 2.65. The SMILES string of the molecule is CC1c2ccsc2CCN1C(=O)CCN1C(=O)NC2(CCCC2)C1=O. The van der Waals surface area contributed by atoms with Gasteiger partial charge in [0.25, 0.3) is 5.91 Å². The number of hydrogen-bond acceptors (Lipinski definition) is 4. The maximum Gasteiger partial charge on any atom is 0.325 e. The predicted molar refractivity (Wildman–Crippen MR) is 94.2 cm³/mol. The number of carbonyl (C=O) groups is 3. The number of hydrogen-bond donors (Lipinski definition) is 1. The number of rotatable bonds is 3. The van der Waals surface area contributed by atoms with E-state index in [-0.39, 0.29) is 36.9 Å². The Balaban J connectivity index is 1.39. The molecule has 0 bridgehead atoms. The fourth-order valence-electron chi connectivity index (χ4n) is 4.40. The number of urea groups is 1. The highest BCUT2D eigenvalue weighted by molar-refractivity contribution is 7.10. The molecule has 1 aliphatic carbocycles. The molecule has 1 saturated heterocycles. The highest BCUT2D eigenvalue weighted by atomic mass is 32.1. The number of nitrogens with zero attached hydrogens (tertiary/aromatic N) is 2. The number of carbonyl (C=O) groups excluding carboxylic acids is 3. The highest BCUT2D eigenvalue weighted by Gasteiger charge is 2.52. The molecule has 1 aromatic rings. The summed E-state index contributed by atoms with van der Waals surface area (Å²) in [5, 5.41) is 4.94. The molecular formula is C18H23N3O3S. The van der Waals surface area contributed by atoms with E-state index in [2.05, 4.69) is 16.8 Å². The van der Waals surface area contributed by atoms with Crippen molar-refractivity contribution < 1.29 is 14.4 Å². The Labute approximate surface area is 151 Å². The fourth-order valence-corrected chi connectivity index (χ4v) is 5.36. The molecule has 6 nitrogen and oxygen atoms in total. The van der Waals surface area contributed by atoms with Crippen LogP contribution in [0.25, 0.3) is 0 Å². The molecule has 1 atom stereocenters. The van der Waals surface area contributed by atoms with Crippen molar-refractivity contribution >= 4 is 29.2 Å². The van der Waals surface area contributed by atoms with Crippen LogP contribution in [0, 0.1) is 0 Å². The van der Waals surface area contributed by atoms with Crippen LogP contribution in [0.5, 0.6) is 0 Å². The first-order chi connectivity index (χ1) is 12.0. The molecule has 1 spiro atoms. The van der Waals surface area contributed by atoms with Crippen molar-refractivity contribution in [3.05, 3.63) is 21.9 Å². The van der Waals surface area contributed by atoms with Crippen LogP contribution in [0.2, 0.25) is 0 Å². The second kappa shape index (κ2) is 6.12. The Kier molecular flexibility index (Phi) is 4.06. The molecular weight excluding hydrogens is 338 g/mol. The molecule has 4 amide bonds. The van der Waals surface area contributed by atoms with Gasteiger partial charge in [0.15, 0.2) is 0 Å². The average Bonchev–Trinajstić information content (AvgIpc) is 3.29. The molecule has 0 aromatic carbocycles. The second-order valence-electron chi connectivity index (χ2n) is 7.24. The van der Waals surface area contributed by atoms with Crippen LogP contribution >= 0.6 is 11.3 Å². The molecule has 1 unspecified atom stereocenters. The minimum atomic E-state index is -0.690. The third-order valence-corrected chi connectivity index (χ3v) is 6.85.